The minimum Gasteiger partial charge on any atom is -0.481 e. The van der Waals surface area contributed by atoms with E-state index >= 15 is 0 Å². The Bertz CT molecular complexity index is 796. The van der Waals surface area contributed by atoms with Crippen molar-refractivity contribution in [2.24, 2.45) is 5.11 Å². The van der Waals surface area contributed by atoms with Gasteiger partial charge < -0.3 is 14.2 Å². The highest BCUT2D eigenvalue weighted by atomic mass is 31.2. The summed E-state index contributed by atoms with van der Waals surface area (Å²) < 4.78 is 25.0. The molecule has 0 aliphatic heterocycles. The summed E-state index contributed by atoms with van der Waals surface area (Å²) in [5.41, 5.74) is 8.66. The van der Waals surface area contributed by atoms with E-state index in [4.69, 9.17) is 14.6 Å². The van der Waals surface area contributed by atoms with Crippen LogP contribution in [0.4, 0.5) is 0 Å². The second-order valence-corrected chi connectivity index (χ2v) is 10.6. The van der Waals surface area contributed by atoms with Gasteiger partial charge in [0, 0.05) is 10.8 Å². The molecule has 1 rings (SSSR count). The summed E-state index contributed by atoms with van der Waals surface area (Å²) in [7, 11) is -3.46. The monoisotopic (exact) mass is 423 g/mol. The Morgan fingerprint density at radius 2 is 1.69 bits per heavy atom. The molecule has 160 valence electrons. The Hall–Kier alpha value is -2.11. The standard InChI is InChI=1S/C20H30N3O5P/c1-8-16(17(18(24)25)22-23-21)15-11-9-14(10-12-15)13-29(26,27-19(2,3)4)28-20(5,6)7/h8-12,16-17H,1,13H2,2-7H3,(H,24,25)/t16-,17+/m1/s1. The first-order valence-electron chi connectivity index (χ1n) is 9.19. The normalized spacial score (nSPS) is 14.6. The molecular formula is C20H30N3O5P. The maximum absolute atomic E-state index is 13.4. The van der Waals surface area contributed by atoms with Crippen LogP contribution in [0.25, 0.3) is 10.4 Å². The number of azide groups is 1. The number of nitrogens with zero attached hydrogens (tertiary/aromatic N) is 3. The van der Waals surface area contributed by atoms with E-state index in [0.717, 1.165) is 0 Å². The maximum atomic E-state index is 13.4. The molecule has 1 aromatic carbocycles. The molecule has 8 nitrogen and oxygen atoms in total. The van der Waals surface area contributed by atoms with E-state index in [1.165, 1.54) is 6.08 Å². The van der Waals surface area contributed by atoms with Crippen molar-refractivity contribution >= 4 is 13.6 Å². The summed E-state index contributed by atoms with van der Waals surface area (Å²) in [4.78, 5) is 14.0. The first-order chi connectivity index (χ1) is 13.2. The van der Waals surface area contributed by atoms with Crippen LogP contribution in [-0.2, 0) is 24.6 Å². The van der Waals surface area contributed by atoms with Gasteiger partial charge in [0.25, 0.3) is 0 Å². The molecule has 0 amide bonds. The summed E-state index contributed by atoms with van der Waals surface area (Å²) in [6.07, 6.45) is 1.50. The highest BCUT2D eigenvalue weighted by Gasteiger charge is 2.35. The van der Waals surface area contributed by atoms with Crippen LogP contribution in [0, 0.1) is 0 Å². The number of carbonyl (C=O) groups is 1. The summed E-state index contributed by atoms with van der Waals surface area (Å²) in [6.45, 7) is 14.5. The van der Waals surface area contributed by atoms with E-state index in [0.29, 0.717) is 11.1 Å². The fourth-order valence-corrected chi connectivity index (χ4v) is 5.26. The van der Waals surface area contributed by atoms with Gasteiger partial charge in [0.15, 0.2) is 0 Å². The predicted molar refractivity (Wildman–Crippen MR) is 113 cm³/mol. The smallest absolute Gasteiger partial charge is 0.336 e. The Kier molecular flexibility index (Phi) is 8.25. The van der Waals surface area contributed by atoms with E-state index < -0.39 is 36.7 Å². The number of carboxylic acid groups (broad SMARTS) is 1. The van der Waals surface area contributed by atoms with Crippen LogP contribution in [0.2, 0.25) is 0 Å². The average Bonchev–Trinajstić information content (AvgIpc) is 2.52. The van der Waals surface area contributed by atoms with Crippen LogP contribution in [0.3, 0.4) is 0 Å². The molecule has 0 aromatic heterocycles. The minimum absolute atomic E-state index is 0.0687. The molecule has 0 bridgehead atoms. The van der Waals surface area contributed by atoms with E-state index in [-0.39, 0.29) is 6.16 Å². The number of rotatable bonds is 9. The quantitative estimate of drug-likeness (QED) is 0.170. The highest BCUT2D eigenvalue weighted by molar-refractivity contribution is 7.53. The van der Waals surface area contributed by atoms with Crippen molar-refractivity contribution < 1.29 is 23.5 Å². The summed E-state index contributed by atoms with van der Waals surface area (Å²) in [6, 6.07) is 5.55. The van der Waals surface area contributed by atoms with Gasteiger partial charge in [0.2, 0.25) is 0 Å². The Balaban J connectivity index is 3.17. The van der Waals surface area contributed by atoms with Gasteiger partial charge in [-0.05, 0) is 58.2 Å². The second kappa shape index (κ2) is 9.59. The van der Waals surface area contributed by atoms with Crippen LogP contribution >= 0.6 is 7.60 Å². The van der Waals surface area contributed by atoms with Crippen LogP contribution in [0.1, 0.15) is 58.6 Å². The number of hydrogen-bond acceptors (Lipinski definition) is 5. The predicted octanol–water partition coefficient (Wildman–Crippen LogP) is 6.04. The fraction of sp³-hybridized carbons (Fsp3) is 0.550. The van der Waals surface area contributed by atoms with Crippen LogP contribution in [-0.4, -0.2) is 28.3 Å². The van der Waals surface area contributed by atoms with Gasteiger partial charge in [-0.25, -0.2) is 0 Å². The lowest BCUT2D eigenvalue weighted by atomic mass is 9.91. The molecule has 0 spiro atoms. The van der Waals surface area contributed by atoms with Crippen LogP contribution < -0.4 is 0 Å². The molecule has 1 N–H and O–H groups in total. The fourth-order valence-electron chi connectivity index (χ4n) is 2.76. The molecular weight excluding hydrogens is 393 g/mol. The lowest BCUT2D eigenvalue weighted by Crippen LogP contribution is -2.25. The molecule has 0 aliphatic rings. The van der Waals surface area contributed by atoms with E-state index in [1.807, 2.05) is 41.5 Å². The average molecular weight is 423 g/mol. The van der Waals surface area contributed by atoms with Gasteiger partial charge in [-0.15, -0.1) is 6.58 Å². The van der Waals surface area contributed by atoms with Crippen molar-refractivity contribution in [2.75, 3.05) is 0 Å². The summed E-state index contributed by atoms with van der Waals surface area (Å²) in [5.74, 6) is -1.93. The molecule has 29 heavy (non-hydrogen) atoms. The first-order valence-corrected chi connectivity index (χ1v) is 10.9. The summed E-state index contributed by atoms with van der Waals surface area (Å²) in [5, 5.41) is 12.7. The zero-order valence-corrected chi connectivity index (χ0v) is 18.7. The van der Waals surface area contributed by atoms with Crippen molar-refractivity contribution in [1.29, 1.82) is 0 Å². The van der Waals surface area contributed by atoms with Crippen LogP contribution in [0.5, 0.6) is 0 Å². The number of aliphatic carboxylic acids is 1. The zero-order valence-electron chi connectivity index (χ0n) is 17.8. The molecule has 9 heteroatoms. The molecule has 2 atom stereocenters. The molecule has 0 radical (unpaired) electrons. The van der Waals surface area contributed by atoms with Gasteiger partial charge in [0.1, 0.15) is 6.04 Å². The van der Waals surface area contributed by atoms with Crippen molar-refractivity contribution in [2.45, 2.75) is 70.9 Å². The van der Waals surface area contributed by atoms with Crippen molar-refractivity contribution in [3.05, 3.63) is 58.5 Å². The molecule has 0 aliphatic carbocycles. The van der Waals surface area contributed by atoms with E-state index in [2.05, 4.69) is 16.6 Å². The van der Waals surface area contributed by atoms with Crippen LogP contribution in [0.15, 0.2) is 42.0 Å². The zero-order chi connectivity index (χ0) is 22.5. The molecule has 0 saturated heterocycles. The summed E-state index contributed by atoms with van der Waals surface area (Å²) >= 11 is 0. The van der Waals surface area contributed by atoms with Crippen molar-refractivity contribution in [3.63, 3.8) is 0 Å². The molecule has 0 unspecified atom stereocenters. The van der Waals surface area contributed by atoms with E-state index in [9.17, 15) is 14.5 Å². The molecule has 0 saturated carbocycles. The third kappa shape index (κ3) is 8.42. The number of carboxylic acids is 1. The van der Waals surface area contributed by atoms with E-state index in [1.54, 1.807) is 24.3 Å². The third-order valence-electron chi connectivity index (χ3n) is 3.59. The molecule has 0 fully saturated rings. The highest BCUT2D eigenvalue weighted by Crippen LogP contribution is 2.56. The Labute approximate surface area is 172 Å². The topological polar surface area (TPSA) is 122 Å². The lowest BCUT2D eigenvalue weighted by molar-refractivity contribution is -0.138. The minimum atomic E-state index is -3.46. The Morgan fingerprint density at radius 1 is 1.21 bits per heavy atom. The van der Waals surface area contributed by atoms with Gasteiger partial charge in [-0.3, -0.25) is 9.36 Å². The van der Waals surface area contributed by atoms with Crippen molar-refractivity contribution in [3.8, 4) is 0 Å². The van der Waals surface area contributed by atoms with Gasteiger partial charge in [0.05, 0.1) is 17.4 Å². The molecule has 0 heterocycles. The van der Waals surface area contributed by atoms with Crippen molar-refractivity contribution in [1.82, 2.24) is 0 Å². The SMILES string of the molecule is C=C[C@H](c1ccc(CP(=O)(OC(C)(C)C)OC(C)(C)C)cc1)[C@H](N=[N+]=[N-])C(=O)O. The Morgan fingerprint density at radius 3 is 2.03 bits per heavy atom. The van der Waals surface area contributed by atoms with Gasteiger partial charge in [-0.2, -0.15) is 0 Å². The second-order valence-electron chi connectivity index (χ2n) is 8.67. The van der Waals surface area contributed by atoms with Gasteiger partial charge >= 0.3 is 13.6 Å². The van der Waals surface area contributed by atoms with Gasteiger partial charge in [-0.1, -0.05) is 35.5 Å². The maximum Gasteiger partial charge on any atom is 0.336 e. The number of benzene rings is 1. The number of hydrogen-bond donors (Lipinski definition) is 1. The largest absolute Gasteiger partial charge is 0.481 e. The first kappa shape index (κ1) is 24.9. The lowest BCUT2D eigenvalue weighted by Gasteiger charge is -2.32. The third-order valence-corrected chi connectivity index (χ3v) is 5.99. The molecule has 1 aromatic rings.